The summed E-state index contributed by atoms with van der Waals surface area (Å²) in [5.74, 6) is 8.97. The van der Waals surface area contributed by atoms with Crippen molar-refractivity contribution in [1.82, 2.24) is 19.9 Å². The number of aromatic carboxylic acids is 1. The Labute approximate surface area is 646 Å². The van der Waals surface area contributed by atoms with E-state index in [4.69, 9.17) is 28.9 Å². The van der Waals surface area contributed by atoms with E-state index in [1.165, 1.54) is 152 Å². The number of hydrogen-bond acceptors (Lipinski definition) is 8. The lowest BCUT2D eigenvalue weighted by molar-refractivity contribution is 0.0696. The molecule has 0 unspecified atom stereocenters. The monoisotopic (exact) mass is 1450 g/mol. The van der Waals surface area contributed by atoms with Crippen LogP contribution in [0.1, 0.15) is 302 Å². The summed E-state index contributed by atoms with van der Waals surface area (Å²) in [5, 5.41) is 9.95. The number of aryl methyl sites for hydroxylation is 2. The molecule has 3 N–H and O–H groups in total. The predicted octanol–water partition coefficient (Wildman–Crippen LogP) is 27.8. The Morgan fingerprint density at radius 2 is 0.694 bits per heavy atom. The van der Waals surface area contributed by atoms with Crippen molar-refractivity contribution >= 4 is 69.4 Å². The number of benzene rings is 5. The summed E-state index contributed by atoms with van der Waals surface area (Å²) in [6, 6.07) is 46.4. The van der Waals surface area contributed by atoms with Gasteiger partial charge in [0.1, 0.15) is 23.0 Å². The summed E-state index contributed by atoms with van der Waals surface area (Å²) < 4.78 is 28.3. The lowest BCUT2D eigenvalue weighted by Crippen LogP contribution is -2.12. The average Bonchev–Trinajstić information content (AvgIpc) is 1.58. The first-order chi connectivity index (χ1) is 53.2. The topological polar surface area (TPSA) is 135 Å². The number of aromatic amines is 2. The molecule has 5 heterocycles. The number of carboxylic acids is 1. The van der Waals surface area contributed by atoms with Crippen molar-refractivity contribution in [2.75, 3.05) is 31.3 Å². The maximum Gasteiger partial charge on any atom is 0.335 e. The number of unbranched alkanes of at least 4 members (excludes halogenated alkanes) is 26. The van der Waals surface area contributed by atoms with E-state index in [1.54, 1.807) is 24.3 Å². The number of carboxylic acid groups (broad SMARTS) is 1. The zero-order valence-corrected chi connectivity index (χ0v) is 66.2. The fourth-order valence-electron chi connectivity index (χ4n) is 14.7. The summed E-state index contributed by atoms with van der Waals surface area (Å²) >= 11 is 0. The van der Waals surface area contributed by atoms with Crippen LogP contribution in [0.4, 0.5) is 17.1 Å². The normalized spacial score (nSPS) is 11.6. The smallest absolute Gasteiger partial charge is 0.335 e. The van der Waals surface area contributed by atoms with E-state index < -0.39 is 5.97 Å². The van der Waals surface area contributed by atoms with E-state index in [0.29, 0.717) is 48.9 Å². The number of aromatic nitrogens is 4. The first-order valence-electron chi connectivity index (χ1n) is 42.0. The minimum absolute atomic E-state index is 0.192. The third-order valence-electron chi connectivity index (χ3n) is 20.9. The molecule has 11 heteroatoms. The van der Waals surface area contributed by atoms with Crippen molar-refractivity contribution in [3.8, 4) is 57.1 Å². The number of nitrogens with zero attached hydrogens (tertiary/aromatic N) is 3. The Morgan fingerprint density at radius 1 is 0.352 bits per heavy atom. The summed E-state index contributed by atoms with van der Waals surface area (Å²) in [5.41, 5.74) is 16.4. The van der Waals surface area contributed by atoms with Crippen LogP contribution >= 0.6 is 0 Å². The lowest BCUT2D eigenvalue weighted by Gasteiger charge is -2.27. The van der Waals surface area contributed by atoms with Gasteiger partial charge in [-0.05, 0) is 184 Å². The molecule has 2 aliphatic rings. The molecule has 0 saturated carbocycles. The molecule has 8 bridgehead atoms. The maximum atomic E-state index is 12.2. The highest BCUT2D eigenvalue weighted by molar-refractivity contribution is 6.02. The van der Waals surface area contributed by atoms with Gasteiger partial charge in [-0.15, -0.1) is 0 Å². The lowest BCUT2D eigenvalue weighted by atomic mass is 10.0. The molecular formula is C97H123N5O6. The molecule has 5 aromatic carbocycles. The molecule has 0 spiro atoms. The van der Waals surface area contributed by atoms with Crippen LogP contribution < -0.4 is 23.8 Å². The van der Waals surface area contributed by atoms with Gasteiger partial charge in [-0.3, -0.25) is 0 Å². The minimum atomic E-state index is -0.994. The number of nitrogens with one attached hydrogen (secondary N) is 2. The summed E-state index contributed by atoms with van der Waals surface area (Å²) in [7, 11) is 0. The number of anilines is 3. The van der Waals surface area contributed by atoms with Gasteiger partial charge < -0.3 is 38.9 Å². The summed E-state index contributed by atoms with van der Waals surface area (Å²) in [4.78, 5) is 34.4. The number of carbonyl (C=O) groups is 1. The second-order valence-corrected chi connectivity index (χ2v) is 29.6. The van der Waals surface area contributed by atoms with Crippen LogP contribution in [0.15, 0.2) is 133 Å². The van der Waals surface area contributed by atoms with Gasteiger partial charge in [0.05, 0.1) is 88.2 Å². The maximum absolute atomic E-state index is 12.2. The Bertz CT molecular complexity index is 4170. The number of ether oxygens (including phenoxy) is 4. The molecule has 0 saturated heterocycles. The van der Waals surface area contributed by atoms with Crippen molar-refractivity contribution in [2.24, 2.45) is 0 Å². The Kier molecular flexibility index (Phi) is 33.8. The van der Waals surface area contributed by atoms with Gasteiger partial charge in [0.2, 0.25) is 0 Å². The van der Waals surface area contributed by atoms with Crippen molar-refractivity contribution < 1.29 is 28.8 Å². The van der Waals surface area contributed by atoms with Crippen LogP contribution in [-0.2, 0) is 12.8 Å². The molecule has 0 aliphatic carbocycles. The van der Waals surface area contributed by atoms with Crippen molar-refractivity contribution in [3.05, 3.63) is 184 Å². The Morgan fingerprint density at radius 3 is 1.10 bits per heavy atom. The van der Waals surface area contributed by atoms with Crippen LogP contribution in [0.3, 0.4) is 0 Å². The van der Waals surface area contributed by atoms with Gasteiger partial charge in [0.15, 0.2) is 0 Å². The van der Waals surface area contributed by atoms with Crippen LogP contribution in [0.25, 0.3) is 68.6 Å². The van der Waals surface area contributed by atoms with Crippen molar-refractivity contribution in [3.63, 3.8) is 0 Å². The van der Waals surface area contributed by atoms with Crippen molar-refractivity contribution in [2.45, 2.75) is 260 Å². The highest BCUT2D eigenvalue weighted by Crippen LogP contribution is 2.48. The molecule has 11 nitrogen and oxygen atoms in total. The van der Waals surface area contributed by atoms with Gasteiger partial charge in [-0.25, -0.2) is 14.8 Å². The molecule has 2 aliphatic heterocycles. The SMILES string of the molecule is CCCCCCCCOc1cccc(OCCCCCCCC)c1-c1c2nc(c(N(c3ccc(CCCCCC)cc3)c3ccc(CCCCCC)cc3)c3ccc([nH]3)c(-c3c(OCCCCCCCC)cccc3OCCCCCCCC)c3nc(c(C#Cc4ccc(C(=O)O)cc4)c4ccc1[nH]4)C=C3)C=C2. The number of fused-ring (bicyclic) bond motifs is 8. The van der Waals surface area contributed by atoms with Crippen LogP contribution in [0.2, 0.25) is 0 Å². The van der Waals surface area contributed by atoms with Crippen LogP contribution in [0, 0.1) is 11.8 Å². The van der Waals surface area contributed by atoms with E-state index in [0.717, 1.165) is 173 Å². The molecule has 10 rings (SSSR count). The number of rotatable bonds is 48. The largest absolute Gasteiger partial charge is 0.493 e. The molecule has 0 radical (unpaired) electrons. The highest BCUT2D eigenvalue weighted by atomic mass is 16.5. The van der Waals surface area contributed by atoms with Crippen LogP contribution in [-0.4, -0.2) is 57.4 Å². The molecule has 3 aromatic heterocycles. The Balaban J connectivity index is 1.30. The highest BCUT2D eigenvalue weighted by Gasteiger charge is 2.27. The quantitative estimate of drug-likeness (QED) is 0.0252. The zero-order chi connectivity index (χ0) is 75.3. The predicted molar refractivity (Wildman–Crippen MR) is 455 cm³/mol. The third kappa shape index (κ3) is 23.6. The zero-order valence-electron chi connectivity index (χ0n) is 66.2. The molecule has 8 aromatic rings. The number of H-pyrrole nitrogens is 2. The molecule has 572 valence electrons. The van der Waals surface area contributed by atoms with Gasteiger partial charge in [0.25, 0.3) is 0 Å². The molecule has 0 amide bonds. The molecular weight excluding hydrogens is 1330 g/mol. The third-order valence-corrected chi connectivity index (χ3v) is 20.9. The van der Waals surface area contributed by atoms with E-state index in [1.807, 2.05) is 0 Å². The van der Waals surface area contributed by atoms with E-state index in [2.05, 4.69) is 202 Å². The fourth-order valence-corrected chi connectivity index (χ4v) is 14.7. The van der Waals surface area contributed by atoms with Crippen LogP contribution in [0.5, 0.6) is 23.0 Å². The average molecular weight is 1460 g/mol. The fraction of sp³-hybridized carbons (Fsp3) is 0.454. The molecule has 0 fully saturated rings. The van der Waals surface area contributed by atoms with E-state index in [9.17, 15) is 9.90 Å². The van der Waals surface area contributed by atoms with Gasteiger partial charge >= 0.3 is 5.97 Å². The molecule has 108 heavy (non-hydrogen) atoms. The number of hydrogen-bond donors (Lipinski definition) is 3. The van der Waals surface area contributed by atoms with Gasteiger partial charge in [-0.1, -0.05) is 257 Å². The summed E-state index contributed by atoms with van der Waals surface area (Å²) in [6.45, 7) is 15.8. The standard InChI is InChI=1S/C97H123N5O6/c1-7-13-19-25-29-35-69-105-88-43-39-44-89(106-70-36-30-26-20-14-8-2)94(88)92-82-63-61-80(98-82)79(60-53-75-47-54-76(55-48-75)97(103)104)81-62-64-83(99-81)93(95-90(107-71-37-31-27-21-15-9-3)45-40-46-91(95)108-72-38-32-28-22-16-10-4)85-66-68-87(101-85)96(86-67-65-84(92)100-86)102(77-56-49-73(50-57-77)41-33-23-17-11-5)78-58-51-74(52-59-78)42-34-24-18-12-6/h39-40,43-52,54-59,61-68,98,101H,7-38,41-42,69-72H2,1-6H3,(H,103,104). The first-order valence-corrected chi connectivity index (χ1v) is 42.0. The van der Waals surface area contributed by atoms with Gasteiger partial charge in [0, 0.05) is 39.1 Å². The minimum Gasteiger partial charge on any atom is -0.493 e. The van der Waals surface area contributed by atoms with E-state index in [-0.39, 0.29) is 5.56 Å². The van der Waals surface area contributed by atoms with Crippen molar-refractivity contribution in [1.29, 1.82) is 0 Å². The second kappa shape index (κ2) is 44.9. The Hall–Kier alpha value is -9.27. The van der Waals surface area contributed by atoms with E-state index >= 15 is 0 Å². The first kappa shape index (κ1) is 81.3. The second-order valence-electron chi connectivity index (χ2n) is 29.6. The summed E-state index contributed by atoms with van der Waals surface area (Å²) in [6.07, 6.45) is 47.5. The molecule has 0 atom stereocenters. The van der Waals surface area contributed by atoms with Gasteiger partial charge in [-0.2, -0.15) is 0 Å².